The number of hydrogen-bond acceptors (Lipinski definition) is 8. The number of aromatic nitrogens is 2. The molecule has 0 N–H and O–H groups in total. The van der Waals surface area contributed by atoms with Crippen molar-refractivity contribution in [2.75, 3.05) is 27.4 Å². The van der Waals surface area contributed by atoms with Crippen LogP contribution in [0, 0.1) is 0 Å². The fraction of sp³-hybridized carbons (Fsp3) is 0.222. The van der Waals surface area contributed by atoms with Gasteiger partial charge in [-0.3, -0.25) is 4.79 Å². The van der Waals surface area contributed by atoms with Gasteiger partial charge < -0.3 is 23.7 Å². The first-order valence-corrected chi connectivity index (χ1v) is 11.2. The lowest BCUT2D eigenvalue weighted by Gasteiger charge is -2.22. The van der Waals surface area contributed by atoms with Gasteiger partial charge in [-0.25, -0.2) is 9.97 Å². The molecule has 35 heavy (non-hydrogen) atoms. The Balaban J connectivity index is 1.33. The maximum Gasteiger partial charge on any atom is 0.234 e. The molecule has 0 unspecified atom stereocenters. The van der Waals surface area contributed by atoms with Crippen molar-refractivity contribution < 1.29 is 28.5 Å². The van der Waals surface area contributed by atoms with Crippen LogP contribution >= 0.6 is 0 Å². The van der Waals surface area contributed by atoms with Gasteiger partial charge in [0.1, 0.15) is 42.2 Å². The molecule has 2 heterocycles. The van der Waals surface area contributed by atoms with Crippen molar-refractivity contribution in [3.05, 3.63) is 72.1 Å². The minimum Gasteiger partial charge on any atom is -0.497 e. The fourth-order valence-corrected chi connectivity index (χ4v) is 4.00. The Bertz CT molecular complexity index is 1370. The van der Waals surface area contributed by atoms with Gasteiger partial charge in [0.05, 0.1) is 19.7 Å². The van der Waals surface area contributed by atoms with Gasteiger partial charge in [0.15, 0.2) is 11.5 Å². The molecule has 178 valence electrons. The zero-order valence-electron chi connectivity index (χ0n) is 19.4. The van der Waals surface area contributed by atoms with Gasteiger partial charge in [-0.1, -0.05) is 24.3 Å². The Labute approximate surface area is 202 Å². The lowest BCUT2D eigenvalue weighted by molar-refractivity contribution is -0.117. The standard InChI is InChI=1S/C27H24N2O6/c1-31-21-5-3-4-18(14-21)13-19(30)12-17-6-8-20(9-7-17)35-27-24-22(28-16-29-27)15-23(32-2)25-26(24)34-11-10-33-25/h3-9,14-16H,10-13H2,1-2H3. The number of ether oxygens (including phenoxy) is 5. The predicted molar refractivity (Wildman–Crippen MR) is 129 cm³/mol. The van der Waals surface area contributed by atoms with Gasteiger partial charge in [0.25, 0.3) is 0 Å². The van der Waals surface area contributed by atoms with Crippen LogP contribution in [-0.4, -0.2) is 43.2 Å². The van der Waals surface area contributed by atoms with Crippen LogP contribution in [0.25, 0.3) is 10.9 Å². The smallest absolute Gasteiger partial charge is 0.234 e. The van der Waals surface area contributed by atoms with E-state index in [1.54, 1.807) is 20.3 Å². The number of hydrogen-bond donors (Lipinski definition) is 0. The molecule has 1 aliphatic rings. The van der Waals surface area contributed by atoms with Gasteiger partial charge in [-0.2, -0.15) is 0 Å². The number of carbonyl (C=O) groups is 1. The maximum absolute atomic E-state index is 12.6. The second kappa shape index (κ2) is 9.89. The molecule has 5 rings (SSSR count). The van der Waals surface area contributed by atoms with E-state index in [2.05, 4.69) is 9.97 Å². The van der Waals surface area contributed by atoms with Crippen LogP contribution in [0.15, 0.2) is 60.9 Å². The number of Topliss-reactive ketones (excluding diaryl/α,β-unsaturated/α-hetero) is 1. The van der Waals surface area contributed by atoms with E-state index >= 15 is 0 Å². The third-order valence-corrected chi connectivity index (χ3v) is 5.64. The normalized spacial score (nSPS) is 12.3. The number of nitrogens with zero attached hydrogens (tertiary/aromatic N) is 2. The average molecular weight is 472 g/mol. The summed E-state index contributed by atoms with van der Waals surface area (Å²) in [6.45, 7) is 0.832. The minimum atomic E-state index is 0.117. The van der Waals surface area contributed by atoms with Gasteiger partial charge in [-0.15, -0.1) is 0 Å². The maximum atomic E-state index is 12.6. The number of fused-ring (bicyclic) bond motifs is 3. The molecule has 0 saturated heterocycles. The van der Waals surface area contributed by atoms with Crippen LogP contribution < -0.4 is 23.7 Å². The lowest BCUT2D eigenvalue weighted by atomic mass is 10.0. The van der Waals surface area contributed by atoms with Crippen molar-refractivity contribution in [1.29, 1.82) is 0 Å². The van der Waals surface area contributed by atoms with Crippen molar-refractivity contribution in [2.24, 2.45) is 0 Å². The zero-order valence-corrected chi connectivity index (χ0v) is 19.4. The summed E-state index contributed by atoms with van der Waals surface area (Å²) < 4.78 is 28.4. The Morgan fingerprint density at radius 1 is 0.857 bits per heavy atom. The molecule has 3 aromatic carbocycles. The van der Waals surface area contributed by atoms with Gasteiger partial charge in [0, 0.05) is 18.9 Å². The van der Waals surface area contributed by atoms with E-state index in [0.717, 1.165) is 16.9 Å². The van der Waals surface area contributed by atoms with E-state index in [1.807, 2.05) is 48.5 Å². The minimum absolute atomic E-state index is 0.117. The van der Waals surface area contributed by atoms with E-state index in [0.29, 0.717) is 65.8 Å². The fourth-order valence-electron chi connectivity index (χ4n) is 4.00. The molecule has 0 amide bonds. The number of carbonyl (C=O) groups excluding carboxylic acids is 1. The van der Waals surface area contributed by atoms with Crippen molar-refractivity contribution in [3.63, 3.8) is 0 Å². The molecule has 0 fully saturated rings. The molecule has 0 bridgehead atoms. The summed E-state index contributed by atoms with van der Waals surface area (Å²) in [6, 6.07) is 16.7. The number of ketones is 1. The van der Waals surface area contributed by atoms with E-state index in [4.69, 9.17) is 23.7 Å². The first kappa shape index (κ1) is 22.5. The lowest BCUT2D eigenvalue weighted by Crippen LogP contribution is -2.16. The summed E-state index contributed by atoms with van der Waals surface area (Å²) in [5.74, 6) is 3.34. The molecule has 0 radical (unpaired) electrons. The topological polar surface area (TPSA) is 89.0 Å². The molecular formula is C27H24N2O6. The Morgan fingerprint density at radius 2 is 1.63 bits per heavy atom. The van der Waals surface area contributed by atoms with Crippen LogP contribution in [0.4, 0.5) is 0 Å². The van der Waals surface area contributed by atoms with Crippen LogP contribution in [0.2, 0.25) is 0 Å². The van der Waals surface area contributed by atoms with Gasteiger partial charge >= 0.3 is 0 Å². The summed E-state index contributed by atoms with van der Waals surface area (Å²) >= 11 is 0. The Hall–Kier alpha value is -4.33. The molecule has 0 saturated carbocycles. The molecule has 0 spiro atoms. The first-order valence-electron chi connectivity index (χ1n) is 11.2. The summed E-state index contributed by atoms with van der Waals surface area (Å²) in [4.78, 5) is 21.2. The number of rotatable bonds is 8. The highest BCUT2D eigenvalue weighted by molar-refractivity contribution is 5.94. The van der Waals surface area contributed by atoms with E-state index in [1.165, 1.54) is 6.33 Å². The summed E-state index contributed by atoms with van der Waals surface area (Å²) in [5.41, 5.74) is 2.45. The Morgan fingerprint density at radius 3 is 2.40 bits per heavy atom. The summed E-state index contributed by atoms with van der Waals surface area (Å²) in [6.07, 6.45) is 2.10. The second-order valence-electron chi connectivity index (χ2n) is 8.00. The largest absolute Gasteiger partial charge is 0.497 e. The van der Waals surface area contributed by atoms with Crippen molar-refractivity contribution in [2.45, 2.75) is 12.8 Å². The third kappa shape index (κ3) is 4.82. The number of benzene rings is 3. The average Bonchev–Trinajstić information content (AvgIpc) is 2.89. The van der Waals surface area contributed by atoms with E-state index in [-0.39, 0.29) is 5.78 Å². The first-order chi connectivity index (χ1) is 17.1. The number of methoxy groups -OCH3 is 2. The van der Waals surface area contributed by atoms with Crippen molar-refractivity contribution >= 4 is 16.7 Å². The van der Waals surface area contributed by atoms with E-state index < -0.39 is 0 Å². The predicted octanol–water partition coefficient (Wildman–Crippen LogP) is 4.56. The highest BCUT2D eigenvalue weighted by atomic mass is 16.6. The van der Waals surface area contributed by atoms with Gasteiger partial charge in [0.2, 0.25) is 11.6 Å². The highest BCUT2D eigenvalue weighted by Gasteiger charge is 2.25. The molecule has 8 nitrogen and oxygen atoms in total. The van der Waals surface area contributed by atoms with Crippen molar-refractivity contribution in [1.82, 2.24) is 9.97 Å². The second-order valence-corrected chi connectivity index (χ2v) is 8.00. The van der Waals surface area contributed by atoms with E-state index in [9.17, 15) is 4.79 Å². The molecule has 1 aromatic heterocycles. The van der Waals surface area contributed by atoms with Crippen LogP contribution in [0.3, 0.4) is 0 Å². The molecule has 0 atom stereocenters. The molecule has 1 aliphatic heterocycles. The van der Waals surface area contributed by atoms with Crippen molar-refractivity contribution in [3.8, 4) is 34.6 Å². The molecule has 4 aromatic rings. The third-order valence-electron chi connectivity index (χ3n) is 5.64. The van der Waals surface area contributed by atoms with Crippen LogP contribution in [0.5, 0.6) is 34.6 Å². The Kier molecular flexibility index (Phi) is 6.34. The van der Waals surface area contributed by atoms with Gasteiger partial charge in [-0.05, 0) is 35.4 Å². The van der Waals surface area contributed by atoms with Crippen LogP contribution in [-0.2, 0) is 17.6 Å². The van der Waals surface area contributed by atoms with Crippen LogP contribution in [0.1, 0.15) is 11.1 Å². The molecule has 0 aliphatic carbocycles. The SMILES string of the molecule is COc1cccc(CC(=O)Cc2ccc(Oc3ncnc4cc(OC)c5c(c34)OCCO5)cc2)c1. The summed E-state index contributed by atoms with van der Waals surface area (Å²) in [5, 5.41) is 0.612. The molecular weight excluding hydrogens is 448 g/mol. The summed E-state index contributed by atoms with van der Waals surface area (Å²) in [7, 11) is 3.18. The monoisotopic (exact) mass is 472 g/mol. The highest BCUT2D eigenvalue weighted by Crippen LogP contribution is 2.47. The quantitative estimate of drug-likeness (QED) is 0.369. The zero-order chi connectivity index (χ0) is 24.2. The molecule has 8 heteroatoms.